The number of aliphatic imine (C=N–C) groups is 1. The van der Waals surface area contributed by atoms with Gasteiger partial charge in [-0.3, -0.25) is 9.67 Å². The van der Waals surface area contributed by atoms with Crippen molar-refractivity contribution in [2.24, 2.45) is 18.0 Å². The van der Waals surface area contributed by atoms with Gasteiger partial charge in [0.15, 0.2) is 5.96 Å². The fourth-order valence-electron chi connectivity index (χ4n) is 2.69. The van der Waals surface area contributed by atoms with Gasteiger partial charge in [0.25, 0.3) is 0 Å². The summed E-state index contributed by atoms with van der Waals surface area (Å²) in [6.07, 6.45) is 6.06. The molecule has 28 heavy (non-hydrogen) atoms. The van der Waals surface area contributed by atoms with Crippen molar-refractivity contribution in [1.82, 2.24) is 20.4 Å². The van der Waals surface area contributed by atoms with E-state index in [9.17, 15) is 0 Å². The van der Waals surface area contributed by atoms with E-state index < -0.39 is 0 Å². The average molecular weight is 499 g/mol. The molecule has 0 aliphatic heterocycles. The van der Waals surface area contributed by atoms with Crippen LogP contribution in [0.25, 0.3) is 0 Å². The Labute approximate surface area is 186 Å². The Morgan fingerprint density at radius 3 is 2.68 bits per heavy atom. The van der Waals surface area contributed by atoms with Crippen molar-refractivity contribution >= 4 is 29.9 Å². The highest BCUT2D eigenvalue weighted by atomic mass is 127. The molecule has 1 unspecified atom stereocenters. The smallest absolute Gasteiger partial charge is 0.191 e. The molecule has 1 atom stereocenters. The number of rotatable bonds is 11. The summed E-state index contributed by atoms with van der Waals surface area (Å²) >= 11 is 0. The lowest BCUT2D eigenvalue weighted by molar-refractivity contribution is 0.0945. The Morgan fingerprint density at radius 2 is 2.00 bits per heavy atom. The van der Waals surface area contributed by atoms with Crippen molar-refractivity contribution < 1.29 is 4.74 Å². The van der Waals surface area contributed by atoms with Gasteiger partial charge in [-0.15, -0.1) is 24.0 Å². The minimum atomic E-state index is 0. The molecule has 0 aliphatic rings. The second-order valence-electron chi connectivity index (χ2n) is 6.88. The molecule has 2 rings (SSSR count). The van der Waals surface area contributed by atoms with Crippen LogP contribution in [0.1, 0.15) is 31.4 Å². The van der Waals surface area contributed by atoms with E-state index in [1.807, 2.05) is 36.1 Å². The van der Waals surface area contributed by atoms with Crippen LogP contribution in [0.15, 0.2) is 47.7 Å². The molecule has 1 aromatic carbocycles. The zero-order valence-electron chi connectivity index (χ0n) is 17.2. The van der Waals surface area contributed by atoms with Crippen LogP contribution in [-0.4, -0.2) is 42.0 Å². The molecule has 0 amide bonds. The van der Waals surface area contributed by atoms with Crippen LogP contribution < -0.4 is 10.6 Å². The molecule has 6 nitrogen and oxygen atoms in total. The SMILES string of the molecule is CCNC(=NCC(C)COCc1ccccc1)NCCCc1cnn(C)c1.I. The molecule has 0 spiro atoms. The predicted molar refractivity (Wildman–Crippen MR) is 126 cm³/mol. The van der Waals surface area contributed by atoms with E-state index in [0.29, 0.717) is 19.1 Å². The molecule has 2 aromatic rings. The van der Waals surface area contributed by atoms with Gasteiger partial charge in [0.2, 0.25) is 0 Å². The first-order valence-corrected chi connectivity index (χ1v) is 9.78. The van der Waals surface area contributed by atoms with Gasteiger partial charge in [0.1, 0.15) is 0 Å². The van der Waals surface area contributed by atoms with Crippen molar-refractivity contribution in [3.05, 3.63) is 53.9 Å². The minimum absolute atomic E-state index is 0. The van der Waals surface area contributed by atoms with Crippen LogP contribution in [-0.2, 0) is 24.8 Å². The molecule has 1 aromatic heterocycles. The number of ether oxygens (including phenoxy) is 1. The predicted octanol–water partition coefficient (Wildman–Crippen LogP) is 3.38. The number of aromatic nitrogens is 2. The first kappa shape index (κ1) is 24.4. The summed E-state index contributed by atoms with van der Waals surface area (Å²) in [5.74, 6) is 1.25. The first-order valence-electron chi connectivity index (χ1n) is 9.78. The molecule has 2 N–H and O–H groups in total. The maximum absolute atomic E-state index is 5.81. The number of halogens is 1. The van der Waals surface area contributed by atoms with Gasteiger partial charge in [0.05, 0.1) is 19.4 Å². The quantitative estimate of drug-likeness (QED) is 0.216. The van der Waals surface area contributed by atoms with E-state index in [4.69, 9.17) is 4.74 Å². The van der Waals surface area contributed by atoms with Gasteiger partial charge in [-0.2, -0.15) is 5.10 Å². The minimum Gasteiger partial charge on any atom is -0.376 e. The second-order valence-corrected chi connectivity index (χ2v) is 6.88. The molecule has 1 heterocycles. The lowest BCUT2D eigenvalue weighted by Gasteiger charge is -2.14. The molecule has 0 aliphatic carbocycles. The van der Waals surface area contributed by atoms with E-state index in [2.05, 4.69) is 52.9 Å². The number of aryl methyl sites for hydroxylation is 2. The van der Waals surface area contributed by atoms with Crippen molar-refractivity contribution in [2.75, 3.05) is 26.2 Å². The lowest BCUT2D eigenvalue weighted by atomic mass is 10.2. The summed E-state index contributed by atoms with van der Waals surface area (Å²) in [4.78, 5) is 4.69. The fraction of sp³-hybridized carbons (Fsp3) is 0.524. The highest BCUT2D eigenvalue weighted by molar-refractivity contribution is 14.0. The van der Waals surface area contributed by atoms with Crippen molar-refractivity contribution in [2.45, 2.75) is 33.3 Å². The number of hydrogen-bond donors (Lipinski definition) is 2. The number of nitrogens with one attached hydrogen (secondary N) is 2. The van der Waals surface area contributed by atoms with Crippen molar-refractivity contribution in [3.8, 4) is 0 Å². The lowest BCUT2D eigenvalue weighted by Crippen LogP contribution is -2.38. The zero-order chi connectivity index (χ0) is 19.3. The van der Waals surface area contributed by atoms with E-state index in [1.54, 1.807) is 0 Å². The maximum Gasteiger partial charge on any atom is 0.191 e. The van der Waals surface area contributed by atoms with Crippen LogP contribution >= 0.6 is 24.0 Å². The molecule has 7 heteroatoms. The Morgan fingerprint density at radius 1 is 1.21 bits per heavy atom. The fourth-order valence-corrected chi connectivity index (χ4v) is 2.69. The number of benzene rings is 1. The van der Waals surface area contributed by atoms with Gasteiger partial charge in [-0.25, -0.2) is 0 Å². The van der Waals surface area contributed by atoms with E-state index in [0.717, 1.165) is 38.4 Å². The number of guanidine groups is 1. The normalized spacial score (nSPS) is 12.3. The van der Waals surface area contributed by atoms with Crippen molar-refractivity contribution in [3.63, 3.8) is 0 Å². The van der Waals surface area contributed by atoms with E-state index in [1.165, 1.54) is 11.1 Å². The second kappa shape index (κ2) is 14.4. The number of nitrogens with zero attached hydrogens (tertiary/aromatic N) is 3. The third-order valence-electron chi connectivity index (χ3n) is 4.11. The molecule has 0 fully saturated rings. The van der Waals surface area contributed by atoms with Crippen LogP contribution in [0.4, 0.5) is 0 Å². The molecule has 0 saturated carbocycles. The highest BCUT2D eigenvalue weighted by Gasteiger charge is 2.04. The molecule has 156 valence electrons. The van der Waals surface area contributed by atoms with Crippen LogP contribution in [0.5, 0.6) is 0 Å². The first-order chi connectivity index (χ1) is 13.2. The Balaban J connectivity index is 0.00000392. The highest BCUT2D eigenvalue weighted by Crippen LogP contribution is 2.04. The third kappa shape index (κ3) is 10.1. The van der Waals surface area contributed by atoms with Crippen LogP contribution in [0.2, 0.25) is 0 Å². The zero-order valence-corrected chi connectivity index (χ0v) is 19.6. The summed E-state index contributed by atoms with van der Waals surface area (Å²) in [5, 5.41) is 10.9. The summed E-state index contributed by atoms with van der Waals surface area (Å²) < 4.78 is 7.65. The topological polar surface area (TPSA) is 63.5 Å². The third-order valence-corrected chi connectivity index (χ3v) is 4.11. The van der Waals surface area contributed by atoms with Gasteiger partial charge in [0, 0.05) is 32.9 Å². The monoisotopic (exact) mass is 499 g/mol. The number of hydrogen-bond acceptors (Lipinski definition) is 3. The Kier molecular flexibility index (Phi) is 12.6. The summed E-state index contributed by atoms with van der Waals surface area (Å²) in [7, 11) is 1.95. The summed E-state index contributed by atoms with van der Waals surface area (Å²) in [6.45, 7) is 8.10. The summed E-state index contributed by atoms with van der Waals surface area (Å²) in [6, 6.07) is 10.3. The molecular weight excluding hydrogens is 465 g/mol. The van der Waals surface area contributed by atoms with Crippen molar-refractivity contribution in [1.29, 1.82) is 0 Å². The van der Waals surface area contributed by atoms with Crippen LogP contribution in [0.3, 0.4) is 0 Å². The molecular formula is C21H34IN5O. The Bertz CT molecular complexity index is 674. The van der Waals surface area contributed by atoms with Gasteiger partial charge >= 0.3 is 0 Å². The molecule has 0 saturated heterocycles. The standard InChI is InChI=1S/C21H33N5O.HI/c1-4-22-21(23-12-8-11-20-14-25-26(3)15-20)24-13-18(2)16-27-17-19-9-6-5-7-10-19;/h5-7,9-10,14-15,18H,4,8,11-13,16-17H2,1-3H3,(H2,22,23,24);1H. The van der Waals surface area contributed by atoms with Gasteiger partial charge < -0.3 is 15.4 Å². The van der Waals surface area contributed by atoms with E-state index in [-0.39, 0.29) is 24.0 Å². The molecule has 0 radical (unpaired) electrons. The molecule has 0 bridgehead atoms. The largest absolute Gasteiger partial charge is 0.376 e. The average Bonchev–Trinajstić information content (AvgIpc) is 3.09. The summed E-state index contributed by atoms with van der Waals surface area (Å²) in [5.41, 5.74) is 2.47. The van der Waals surface area contributed by atoms with Crippen LogP contribution in [0, 0.1) is 5.92 Å². The Hall–Kier alpha value is -1.61. The van der Waals surface area contributed by atoms with Gasteiger partial charge in [-0.05, 0) is 36.8 Å². The maximum atomic E-state index is 5.81. The van der Waals surface area contributed by atoms with Gasteiger partial charge in [-0.1, -0.05) is 37.3 Å². The van der Waals surface area contributed by atoms with E-state index >= 15 is 0 Å².